The predicted molar refractivity (Wildman–Crippen MR) is 69.3 cm³/mol. The normalized spacial score (nSPS) is 14.5. The van der Waals surface area contributed by atoms with Crippen molar-refractivity contribution in [1.29, 1.82) is 0 Å². The minimum Gasteiger partial charge on any atom is -0.290 e. The van der Waals surface area contributed by atoms with E-state index in [0.717, 1.165) is 23.4 Å². The van der Waals surface area contributed by atoms with Crippen LogP contribution in [0.4, 0.5) is 5.13 Å². The molecule has 3 rings (SSSR count). The van der Waals surface area contributed by atoms with E-state index in [0.29, 0.717) is 5.13 Å². The van der Waals surface area contributed by atoms with Gasteiger partial charge in [-0.3, -0.25) is 14.7 Å². The summed E-state index contributed by atoms with van der Waals surface area (Å²) in [5, 5.41) is 9.60. The van der Waals surface area contributed by atoms with Gasteiger partial charge in [0.1, 0.15) is 0 Å². The summed E-state index contributed by atoms with van der Waals surface area (Å²) in [7, 11) is 1.76. The van der Waals surface area contributed by atoms with E-state index < -0.39 is 0 Å². The molecule has 0 atom stereocenters. The SMILES string of the molecule is CN(C(=O)C1CC1)c1nnc(-c2cccnc2)s1. The van der Waals surface area contributed by atoms with Crippen molar-refractivity contribution in [1.82, 2.24) is 15.2 Å². The van der Waals surface area contributed by atoms with Gasteiger partial charge in [0.25, 0.3) is 0 Å². The molecule has 18 heavy (non-hydrogen) atoms. The Labute approximate surface area is 108 Å². The Balaban J connectivity index is 1.83. The number of hydrogen-bond acceptors (Lipinski definition) is 5. The van der Waals surface area contributed by atoms with Crippen LogP contribution >= 0.6 is 11.3 Å². The van der Waals surface area contributed by atoms with E-state index in [-0.39, 0.29) is 11.8 Å². The van der Waals surface area contributed by atoms with Crippen LogP contribution in [0.25, 0.3) is 10.6 Å². The van der Waals surface area contributed by atoms with E-state index in [4.69, 9.17) is 0 Å². The van der Waals surface area contributed by atoms with Crippen LogP contribution in [0, 0.1) is 5.92 Å². The monoisotopic (exact) mass is 260 g/mol. The lowest BCUT2D eigenvalue weighted by atomic mass is 10.3. The molecule has 1 saturated carbocycles. The first-order chi connectivity index (χ1) is 8.75. The summed E-state index contributed by atoms with van der Waals surface area (Å²) >= 11 is 1.41. The summed E-state index contributed by atoms with van der Waals surface area (Å²) in [6, 6.07) is 3.79. The van der Waals surface area contributed by atoms with Crippen molar-refractivity contribution in [2.45, 2.75) is 12.8 Å². The van der Waals surface area contributed by atoms with Gasteiger partial charge in [-0.25, -0.2) is 0 Å². The zero-order valence-corrected chi connectivity index (χ0v) is 10.7. The van der Waals surface area contributed by atoms with Crippen molar-refractivity contribution in [3.8, 4) is 10.6 Å². The number of amides is 1. The van der Waals surface area contributed by atoms with Crippen LogP contribution in [0.3, 0.4) is 0 Å². The number of pyridine rings is 1. The number of carbonyl (C=O) groups excluding carboxylic acids is 1. The lowest BCUT2D eigenvalue weighted by Crippen LogP contribution is -2.27. The third kappa shape index (κ3) is 2.11. The lowest BCUT2D eigenvalue weighted by molar-refractivity contribution is -0.119. The number of aromatic nitrogens is 3. The van der Waals surface area contributed by atoms with Crippen LogP contribution < -0.4 is 4.90 Å². The Bertz CT molecular complexity index is 564. The highest BCUT2D eigenvalue weighted by molar-refractivity contribution is 7.18. The highest BCUT2D eigenvalue weighted by Crippen LogP contribution is 2.34. The summed E-state index contributed by atoms with van der Waals surface area (Å²) in [5.41, 5.74) is 0.925. The average Bonchev–Trinajstić information content (AvgIpc) is 3.15. The quantitative estimate of drug-likeness (QED) is 0.846. The van der Waals surface area contributed by atoms with Gasteiger partial charge in [0, 0.05) is 30.9 Å². The Kier molecular flexibility index (Phi) is 2.79. The topological polar surface area (TPSA) is 59.0 Å². The van der Waals surface area contributed by atoms with Crippen molar-refractivity contribution >= 4 is 22.4 Å². The molecule has 0 aromatic carbocycles. The van der Waals surface area contributed by atoms with Gasteiger partial charge in [0.15, 0.2) is 5.01 Å². The van der Waals surface area contributed by atoms with E-state index in [9.17, 15) is 4.79 Å². The molecule has 1 fully saturated rings. The summed E-state index contributed by atoms with van der Waals surface area (Å²) < 4.78 is 0. The maximum atomic E-state index is 11.9. The van der Waals surface area contributed by atoms with Crippen molar-refractivity contribution in [2.24, 2.45) is 5.92 Å². The predicted octanol–water partition coefficient (Wildman–Crippen LogP) is 1.97. The van der Waals surface area contributed by atoms with Crippen molar-refractivity contribution in [3.63, 3.8) is 0 Å². The van der Waals surface area contributed by atoms with Crippen molar-refractivity contribution < 1.29 is 4.79 Å². The largest absolute Gasteiger partial charge is 0.290 e. The Morgan fingerprint density at radius 2 is 2.28 bits per heavy atom. The van der Waals surface area contributed by atoms with Gasteiger partial charge in [0.2, 0.25) is 11.0 Å². The molecule has 2 aromatic heterocycles. The van der Waals surface area contributed by atoms with E-state index in [2.05, 4.69) is 15.2 Å². The summed E-state index contributed by atoms with van der Waals surface area (Å²) in [6.45, 7) is 0. The van der Waals surface area contributed by atoms with Gasteiger partial charge in [0.05, 0.1) is 0 Å². The Morgan fingerprint density at radius 1 is 1.44 bits per heavy atom. The molecule has 6 heteroatoms. The van der Waals surface area contributed by atoms with Gasteiger partial charge < -0.3 is 0 Å². The van der Waals surface area contributed by atoms with Crippen LogP contribution in [-0.2, 0) is 4.79 Å². The van der Waals surface area contributed by atoms with Crippen LogP contribution in [0.5, 0.6) is 0 Å². The number of rotatable bonds is 3. The minimum atomic E-state index is 0.142. The van der Waals surface area contributed by atoms with Crippen LogP contribution in [0.15, 0.2) is 24.5 Å². The number of carbonyl (C=O) groups is 1. The first-order valence-corrected chi connectivity index (χ1v) is 6.59. The van der Waals surface area contributed by atoms with Crippen LogP contribution in [0.2, 0.25) is 0 Å². The molecule has 1 aliphatic rings. The highest BCUT2D eigenvalue weighted by atomic mass is 32.1. The molecule has 0 radical (unpaired) electrons. The zero-order chi connectivity index (χ0) is 12.5. The molecule has 2 aromatic rings. The maximum Gasteiger partial charge on any atom is 0.231 e. The van der Waals surface area contributed by atoms with Gasteiger partial charge in [-0.05, 0) is 25.0 Å². The first-order valence-electron chi connectivity index (χ1n) is 5.77. The molecule has 92 valence electrons. The summed E-state index contributed by atoms with van der Waals surface area (Å²) in [6.07, 6.45) is 5.45. The maximum absolute atomic E-state index is 11.9. The fourth-order valence-corrected chi connectivity index (χ4v) is 2.46. The van der Waals surface area contributed by atoms with Gasteiger partial charge in [-0.2, -0.15) is 0 Å². The number of nitrogens with zero attached hydrogens (tertiary/aromatic N) is 4. The molecule has 5 nitrogen and oxygen atoms in total. The fraction of sp³-hybridized carbons (Fsp3) is 0.333. The second-order valence-electron chi connectivity index (χ2n) is 4.30. The van der Waals surface area contributed by atoms with Gasteiger partial charge >= 0.3 is 0 Å². The van der Waals surface area contributed by atoms with E-state index >= 15 is 0 Å². The molecular formula is C12H12N4OS. The first kappa shape index (κ1) is 11.3. The Hall–Kier alpha value is -1.82. The molecule has 1 aliphatic carbocycles. The van der Waals surface area contributed by atoms with Gasteiger partial charge in [-0.1, -0.05) is 11.3 Å². The smallest absolute Gasteiger partial charge is 0.231 e. The fourth-order valence-electron chi connectivity index (χ4n) is 1.66. The molecule has 0 unspecified atom stereocenters. The lowest BCUT2D eigenvalue weighted by Gasteiger charge is -2.11. The van der Waals surface area contributed by atoms with Gasteiger partial charge in [-0.15, -0.1) is 10.2 Å². The molecule has 0 spiro atoms. The molecular weight excluding hydrogens is 248 g/mol. The third-order valence-electron chi connectivity index (χ3n) is 2.87. The number of anilines is 1. The molecule has 0 saturated heterocycles. The highest BCUT2D eigenvalue weighted by Gasteiger charge is 2.33. The van der Waals surface area contributed by atoms with Crippen molar-refractivity contribution in [2.75, 3.05) is 11.9 Å². The summed E-state index contributed by atoms with van der Waals surface area (Å²) in [4.78, 5) is 17.6. The van der Waals surface area contributed by atoms with Crippen LogP contribution in [-0.4, -0.2) is 28.1 Å². The second kappa shape index (κ2) is 4.45. The van der Waals surface area contributed by atoms with E-state index in [1.165, 1.54) is 11.3 Å². The molecule has 0 aliphatic heterocycles. The standard InChI is InChI=1S/C12H12N4OS/c1-16(11(17)8-4-5-8)12-15-14-10(18-12)9-3-2-6-13-7-9/h2-3,6-8H,4-5H2,1H3. The Morgan fingerprint density at radius 3 is 2.94 bits per heavy atom. The van der Waals surface area contributed by atoms with E-state index in [1.807, 2.05) is 12.1 Å². The average molecular weight is 260 g/mol. The summed E-state index contributed by atoms with van der Waals surface area (Å²) in [5.74, 6) is 0.338. The van der Waals surface area contributed by atoms with E-state index in [1.54, 1.807) is 24.3 Å². The van der Waals surface area contributed by atoms with Crippen LogP contribution in [0.1, 0.15) is 12.8 Å². The zero-order valence-electron chi connectivity index (χ0n) is 9.91. The number of hydrogen-bond donors (Lipinski definition) is 0. The second-order valence-corrected chi connectivity index (χ2v) is 5.26. The minimum absolute atomic E-state index is 0.142. The molecule has 2 heterocycles. The molecule has 0 N–H and O–H groups in total. The molecule has 0 bridgehead atoms. The van der Waals surface area contributed by atoms with Crippen molar-refractivity contribution in [3.05, 3.63) is 24.5 Å². The third-order valence-corrected chi connectivity index (χ3v) is 3.92. The molecule has 1 amide bonds.